The summed E-state index contributed by atoms with van der Waals surface area (Å²) in [5.41, 5.74) is 0. The van der Waals surface area contributed by atoms with E-state index in [1.165, 1.54) is 0 Å². The Labute approximate surface area is 100 Å². The van der Waals surface area contributed by atoms with Crippen LogP contribution >= 0.6 is 15.9 Å². The van der Waals surface area contributed by atoms with E-state index in [1.54, 1.807) is 0 Å². The van der Waals surface area contributed by atoms with Crippen molar-refractivity contribution >= 4 is 35.6 Å². The fourth-order valence-electron chi connectivity index (χ4n) is 0.992. The minimum Gasteiger partial charge on any atom is -0.229 e. The van der Waals surface area contributed by atoms with E-state index in [0.29, 0.717) is 5.33 Å². The quantitative estimate of drug-likeness (QED) is 0.653. The molecule has 0 N–H and O–H groups in total. The molecule has 0 amide bonds. The van der Waals surface area contributed by atoms with Crippen LogP contribution in [0.5, 0.6) is 0 Å². The monoisotopic (exact) mass is 320 g/mol. The van der Waals surface area contributed by atoms with E-state index in [-0.39, 0.29) is 23.2 Å². The summed E-state index contributed by atoms with van der Waals surface area (Å²) in [6, 6.07) is 0. The molecule has 0 radical (unpaired) electrons. The minimum absolute atomic E-state index is 0.0598. The zero-order valence-corrected chi connectivity index (χ0v) is 12.2. The fourth-order valence-corrected chi connectivity index (χ4v) is 5.45. The molecule has 0 aromatic heterocycles. The maximum atomic E-state index is 11.5. The van der Waals surface area contributed by atoms with E-state index in [1.807, 2.05) is 6.92 Å². The third-order valence-corrected chi connectivity index (χ3v) is 5.98. The lowest BCUT2D eigenvalue weighted by Gasteiger charge is -2.11. The topological polar surface area (TPSA) is 68.3 Å². The molecule has 0 rings (SSSR count). The summed E-state index contributed by atoms with van der Waals surface area (Å²) in [5, 5.41) is 0.627. The fraction of sp³-hybridized carbons (Fsp3) is 1.00. The van der Waals surface area contributed by atoms with Crippen LogP contribution in [0.4, 0.5) is 0 Å². The zero-order valence-electron chi connectivity index (χ0n) is 8.94. The van der Waals surface area contributed by atoms with Crippen molar-refractivity contribution in [3.8, 4) is 0 Å². The highest BCUT2D eigenvalue weighted by Crippen LogP contribution is 2.10. The number of hydrogen-bond acceptors (Lipinski definition) is 4. The molecule has 0 aromatic carbocycles. The molecule has 0 heterocycles. The maximum Gasteiger partial charge on any atom is 0.151 e. The van der Waals surface area contributed by atoms with Crippen molar-refractivity contribution in [2.75, 3.05) is 28.8 Å². The predicted octanol–water partition coefficient (Wildman–Crippen LogP) is 0.867. The van der Waals surface area contributed by atoms with E-state index in [0.717, 1.165) is 12.7 Å². The Kier molecular flexibility index (Phi) is 6.36. The Bertz CT molecular complexity index is 367. The summed E-state index contributed by atoms with van der Waals surface area (Å²) in [5.74, 6) is -0.428. The largest absolute Gasteiger partial charge is 0.229 e. The van der Waals surface area contributed by atoms with E-state index in [9.17, 15) is 16.8 Å². The molecule has 1 unspecified atom stereocenters. The Balaban J connectivity index is 4.32. The van der Waals surface area contributed by atoms with Crippen LogP contribution < -0.4 is 0 Å². The molecule has 0 aromatic rings. The normalized spacial score (nSPS) is 15.1. The SMILES string of the molecule is CCC(CBr)CS(=O)(=O)CCS(C)(=O)=O. The highest BCUT2D eigenvalue weighted by Gasteiger charge is 2.19. The van der Waals surface area contributed by atoms with Gasteiger partial charge < -0.3 is 0 Å². The van der Waals surface area contributed by atoms with E-state index >= 15 is 0 Å². The van der Waals surface area contributed by atoms with Gasteiger partial charge in [0, 0.05) is 11.6 Å². The van der Waals surface area contributed by atoms with Crippen LogP contribution in [0.25, 0.3) is 0 Å². The Morgan fingerprint density at radius 2 is 1.67 bits per heavy atom. The number of alkyl halides is 1. The molecule has 0 saturated heterocycles. The molecular weight excluding hydrogens is 304 g/mol. The second-order valence-electron chi connectivity index (χ2n) is 3.67. The smallest absolute Gasteiger partial charge is 0.151 e. The van der Waals surface area contributed by atoms with E-state index in [2.05, 4.69) is 15.9 Å². The maximum absolute atomic E-state index is 11.5. The molecule has 0 saturated carbocycles. The summed E-state index contributed by atoms with van der Waals surface area (Å²) in [4.78, 5) is 0. The molecule has 4 nitrogen and oxygen atoms in total. The molecule has 0 fully saturated rings. The Morgan fingerprint density at radius 3 is 2.00 bits per heavy atom. The third-order valence-electron chi connectivity index (χ3n) is 2.05. The van der Waals surface area contributed by atoms with Gasteiger partial charge in [-0.3, -0.25) is 0 Å². The van der Waals surface area contributed by atoms with Crippen LogP contribution in [0, 0.1) is 5.92 Å². The minimum atomic E-state index is -3.25. The zero-order chi connectivity index (χ0) is 12.1. The standard InChI is InChI=1S/C8H17BrO4S2/c1-3-8(6-9)7-15(12,13)5-4-14(2,10)11/h8H,3-7H2,1-2H3. The molecule has 7 heteroatoms. The van der Waals surface area contributed by atoms with Gasteiger partial charge in [-0.2, -0.15) is 0 Å². The summed E-state index contributed by atoms with van der Waals surface area (Å²) in [6.07, 6.45) is 1.81. The van der Waals surface area contributed by atoms with E-state index < -0.39 is 19.7 Å². The second-order valence-corrected chi connectivity index (χ2v) is 8.81. The molecule has 0 spiro atoms. The lowest BCUT2D eigenvalue weighted by atomic mass is 10.2. The molecule has 0 bridgehead atoms. The molecular formula is C8H17BrO4S2. The highest BCUT2D eigenvalue weighted by molar-refractivity contribution is 9.09. The summed E-state index contributed by atoms with van der Waals surface area (Å²) >= 11 is 3.24. The van der Waals surface area contributed by atoms with Crippen molar-refractivity contribution in [1.82, 2.24) is 0 Å². The van der Waals surface area contributed by atoms with Gasteiger partial charge in [-0.1, -0.05) is 29.3 Å². The van der Waals surface area contributed by atoms with Gasteiger partial charge >= 0.3 is 0 Å². The summed E-state index contributed by atoms with van der Waals surface area (Å²) in [6.45, 7) is 1.91. The first-order chi connectivity index (χ1) is 6.70. The van der Waals surface area contributed by atoms with Crippen LogP contribution in [0.1, 0.15) is 13.3 Å². The van der Waals surface area contributed by atoms with Crippen LogP contribution in [0.3, 0.4) is 0 Å². The van der Waals surface area contributed by atoms with Gasteiger partial charge in [-0.15, -0.1) is 0 Å². The number of rotatable bonds is 7. The first kappa shape index (κ1) is 15.4. The highest BCUT2D eigenvalue weighted by atomic mass is 79.9. The second kappa shape index (κ2) is 6.20. The molecule has 0 aliphatic carbocycles. The summed E-state index contributed by atoms with van der Waals surface area (Å²) < 4.78 is 44.7. The first-order valence-corrected chi connectivity index (χ1v) is 9.64. The van der Waals surface area contributed by atoms with Crippen molar-refractivity contribution in [3.63, 3.8) is 0 Å². The van der Waals surface area contributed by atoms with Crippen LogP contribution in [-0.2, 0) is 19.7 Å². The number of hydrogen-bond donors (Lipinski definition) is 0. The average Bonchev–Trinajstić information content (AvgIpc) is 2.10. The van der Waals surface area contributed by atoms with Gasteiger partial charge in [0.25, 0.3) is 0 Å². The average molecular weight is 321 g/mol. The van der Waals surface area contributed by atoms with Crippen molar-refractivity contribution in [2.45, 2.75) is 13.3 Å². The van der Waals surface area contributed by atoms with Gasteiger partial charge in [0.2, 0.25) is 0 Å². The number of sulfone groups is 2. The molecule has 0 aliphatic rings. The van der Waals surface area contributed by atoms with Gasteiger partial charge in [0.15, 0.2) is 9.84 Å². The van der Waals surface area contributed by atoms with Crippen LogP contribution in [-0.4, -0.2) is 45.7 Å². The Morgan fingerprint density at radius 1 is 1.13 bits per heavy atom. The molecule has 15 heavy (non-hydrogen) atoms. The van der Waals surface area contributed by atoms with Gasteiger partial charge in [-0.05, 0) is 5.92 Å². The van der Waals surface area contributed by atoms with Crippen molar-refractivity contribution < 1.29 is 16.8 Å². The summed E-state index contributed by atoms with van der Waals surface area (Å²) in [7, 11) is -6.44. The number of halogens is 1. The molecule has 92 valence electrons. The molecule has 0 aliphatic heterocycles. The first-order valence-electron chi connectivity index (χ1n) is 4.64. The van der Waals surface area contributed by atoms with E-state index in [4.69, 9.17) is 0 Å². The third kappa shape index (κ3) is 8.21. The lowest BCUT2D eigenvalue weighted by molar-refractivity contribution is 0.567. The van der Waals surface area contributed by atoms with Crippen molar-refractivity contribution in [3.05, 3.63) is 0 Å². The van der Waals surface area contributed by atoms with Crippen LogP contribution in [0.15, 0.2) is 0 Å². The van der Waals surface area contributed by atoms with Gasteiger partial charge in [0.1, 0.15) is 9.84 Å². The van der Waals surface area contributed by atoms with Gasteiger partial charge in [-0.25, -0.2) is 16.8 Å². The molecule has 1 atom stereocenters. The Hall–Kier alpha value is 0.380. The lowest BCUT2D eigenvalue weighted by Crippen LogP contribution is -2.23. The van der Waals surface area contributed by atoms with Crippen molar-refractivity contribution in [1.29, 1.82) is 0 Å². The predicted molar refractivity (Wildman–Crippen MR) is 65.9 cm³/mol. The van der Waals surface area contributed by atoms with Crippen LogP contribution in [0.2, 0.25) is 0 Å². The van der Waals surface area contributed by atoms with Gasteiger partial charge in [0.05, 0.1) is 17.3 Å². The van der Waals surface area contributed by atoms with Crippen molar-refractivity contribution in [2.24, 2.45) is 5.92 Å².